The van der Waals surface area contributed by atoms with Crippen molar-refractivity contribution in [2.75, 3.05) is 6.61 Å². The molecule has 1 aromatic heterocycles. The highest BCUT2D eigenvalue weighted by Gasteiger charge is 2.11. The van der Waals surface area contributed by atoms with Crippen LogP contribution in [0.15, 0.2) is 55.4 Å². The van der Waals surface area contributed by atoms with Crippen LogP contribution in [0.2, 0.25) is 0 Å². The number of aromatic nitrogens is 2. The molecule has 0 saturated carbocycles. The number of aliphatic hydroxyl groups excluding tert-OH is 1. The number of ether oxygens (including phenoxy) is 1. The van der Waals surface area contributed by atoms with E-state index in [0.717, 1.165) is 28.8 Å². The topological polar surface area (TPSA) is 47.3 Å². The summed E-state index contributed by atoms with van der Waals surface area (Å²) in [6, 6.07) is 12.0. The van der Waals surface area contributed by atoms with Crippen LogP contribution in [0.3, 0.4) is 0 Å². The van der Waals surface area contributed by atoms with E-state index in [1.807, 2.05) is 34.9 Å². The Bertz CT molecular complexity index is 883. The van der Waals surface area contributed by atoms with Gasteiger partial charge in [-0.1, -0.05) is 24.3 Å². The quantitative estimate of drug-likeness (QED) is 0.667. The number of para-hydroxylation sites is 1. The minimum absolute atomic E-state index is 0.235. The number of fused-ring (bicyclic) bond motifs is 1. The predicted molar refractivity (Wildman–Crippen MR) is 101 cm³/mol. The number of imidazole rings is 1. The second-order valence-electron chi connectivity index (χ2n) is 6.39. The molecule has 1 heterocycles. The molecule has 130 valence electrons. The summed E-state index contributed by atoms with van der Waals surface area (Å²) < 4.78 is 7.80. The average Bonchev–Trinajstić information content (AvgIpc) is 2.96. The van der Waals surface area contributed by atoms with Crippen molar-refractivity contribution in [3.8, 4) is 5.75 Å². The molecule has 0 radical (unpaired) electrons. The van der Waals surface area contributed by atoms with Gasteiger partial charge in [0.15, 0.2) is 0 Å². The lowest BCUT2D eigenvalue weighted by Crippen LogP contribution is -2.23. The summed E-state index contributed by atoms with van der Waals surface area (Å²) in [6.45, 7) is 8.62. The molecular weight excluding hydrogens is 312 g/mol. The van der Waals surface area contributed by atoms with Crippen LogP contribution in [0.1, 0.15) is 16.7 Å². The van der Waals surface area contributed by atoms with Crippen LogP contribution < -0.4 is 4.74 Å². The highest BCUT2D eigenvalue weighted by Crippen LogP contribution is 2.20. The Labute approximate surface area is 148 Å². The zero-order chi connectivity index (χ0) is 17.8. The van der Waals surface area contributed by atoms with Gasteiger partial charge >= 0.3 is 0 Å². The zero-order valence-corrected chi connectivity index (χ0v) is 14.8. The van der Waals surface area contributed by atoms with Gasteiger partial charge in [-0.2, -0.15) is 0 Å². The first-order valence-corrected chi connectivity index (χ1v) is 8.50. The van der Waals surface area contributed by atoms with E-state index in [2.05, 4.69) is 37.5 Å². The standard InChI is InChI=1S/C21H24N2O2/c1-4-7-17-8-5-6-9-21(17)25-13-18(24)12-23-14-22-19-10-15(2)16(3)11-20(19)23/h4-6,8-11,14,18,24H,1,7,12-13H2,2-3H3/t18-/m0/s1. The minimum Gasteiger partial charge on any atom is -0.491 e. The molecule has 4 nitrogen and oxygen atoms in total. The number of allylic oxidation sites excluding steroid dienone is 1. The number of hydrogen-bond donors (Lipinski definition) is 1. The van der Waals surface area contributed by atoms with Crippen molar-refractivity contribution in [2.45, 2.75) is 32.9 Å². The van der Waals surface area contributed by atoms with Crippen molar-refractivity contribution >= 4 is 11.0 Å². The first-order chi connectivity index (χ1) is 12.1. The van der Waals surface area contributed by atoms with Crippen molar-refractivity contribution in [1.82, 2.24) is 9.55 Å². The molecule has 1 atom stereocenters. The normalized spacial score (nSPS) is 12.3. The lowest BCUT2D eigenvalue weighted by Gasteiger charge is -2.15. The van der Waals surface area contributed by atoms with Gasteiger partial charge in [0.1, 0.15) is 18.5 Å². The van der Waals surface area contributed by atoms with Gasteiger partial charge in [0, 0.05) is 0 Å². The van der Waals surface area contributed by atoms with Gasteiger partial charge in [-0.15, -0.1) is 6.58 Å². The van der Waals surface area contributed by atoms with Crippen LogP contribution in [0.5, 0.6) is 5.75 Å². The van der Waals surface area contributed by atoms with Crippen LogP contribution in [-0.2, 0) is 13.0 Å². The third-order valence-corrected chi connectivity index (χ3v) is 4.41. The molecule has 0 aliphatic rings. The van der Waals surface area contributed by atoms with Crippen LogP contribution >= 0.6 is 0 Å². The van der Waals surface area contributed by atoms with Crippen molar-refractivity contribution in [1.29, 1.82) is 0 Å². The van der Waals surface area contributed by atoms with Crippen LogP contribution in [0.4, 0.5) is 0 Å². The second-order valence-corrected chi connectivity index (χ2v) is 6.39. The molecule has 0 bridgehead atoms. The molecular formula is C21H24N2O2. The van der Waals surface area contributed by atoms with Gasteiger partial charge in [0.25, 0.3) is 0 Å². The zero-order valence-electron chi connectivity index (χ0n) is 14.8. The third kappa shape index (κ3) is 3.91. The van der Waals surface area contributed by atoms with E-state index >= 15 is 0 Å². The average molecular weight is 336 g/mol. The molecule has 0 unspecified atom stereocenters. The molecule has 0 amide bonds. The number of benzene rings is 2. The maximum absolute atomic E-state index is 10.4. The number of hydrogen-bond acceptors (Lipinski definition) is 3. The van der Waals surface area contributed by atoms with E-state index < -0.39 is 6.10 Å². The highest BCUT2D eigenvalue weighted by molar-refractivity contribution is 5.77. The minimum atomic E-state index is -0.615. The Morgan fingerprint density at radius 1 is 1.24 bits per heavy atom. The molecule has 3 rings (SSSR count). The molecule has 0 aliphatic carbocycles. The van der Waals surface area contributed by atoms with Gasteiger partial charge in [-0.05, 0) is 55.2 Å². The molecule has 2 aromatic carbocycles. The lowest BCUT2D eigenvalue weighted by molar-refractivity contribution is 0.0930. The van der Waals surface area contributed by atoms with Gasteiger partial charge in [0.2, 0.25) is 0 Å². The number of rotatable bonds is 7. The number of aryl methyl sites for hydroxylation is 2. The highest BCUT2D eigenvalue weighted by atomic mass is 16.5. The fraction of sp³-hybridized carbons (Fsp3) is 0.286. The summed E-state index contributed by atoms with van der Waals surface area (Å²) in [4.78, 5) is 4.43. The molecule has 3 aromatic rings. The van der Waals surface area contributed by atoms with Crippen LogP contribution in [-0.4, -0.2) is 27.4 Å². The maximum atomic E-state index is 10.4. The monoisotopic (exact) mass is 336 g/mol. The van der Waals surface area contributed by atoms with Crippen molar-refractivity contribution in [2.24, 2.45) is 0 Å². The fourth-order valence-electron chi connectivity index (χ4n) is 2.89. The SMILES string of the molecule is C=CCc1ccccc1OC[C@@H](O)Cn1cnc2cc(C)c(C)cc21. The van der Waals surface area contributed by atoms with Gasteiger partial charge in [0.05, 0.1) is 23.9 Å². The van der Waals surface area contributed by atoms with Crippen molar-refractivity contribution in [3.05, 3.63) is 72.1 Å². The Balaban J connectivity index is 1.68. The Morgan fingerprint density at radius 2 is 2.00 bits per heavy atom. The summed E-state index contributed by atoms with van der Waals surface area (Å²) in [7, 11) is 0. The third-order valence-electron chi connectivity index (χ3n) is 4.41. The summed E-state index contributed by atoms with van der Waals surface area (Å²) in [5.41, 5.74) is 5.50. The molecule has 25 heavy (non-hydrogen) atoms. The summed E-state index contributed by atoms with van der Waals surface area (Å²) >= 11 is 0. The molecule has 0 spiro atoms. The van der Waals surface area contributed by atoms with E-state index in [1.54, 1.807) is 6.33 Å². The van der Waals surface area contributed by atoms with Crippen LogP contribution in [0.25, 0.3) is 11.0 Å². The van der Waals surface area contributed by atoms with E-state index in [1.165, 1.54) is 11.1 Å². The van der Waals surface area contributed by atoms with Crippen molar-refractivity contribution < 1.29 is 9.84 Å². The summed E-state index contributed by atoms with van der Waals surface area (Å²) in [5, 5.41) is 10.4. The smallest absolute Gasteiger partial charge is 0.122 e. The Kier molecular flexibility index (Phi) is 5.19. The van der Waals surface area contributed by atoms with E-state index in [4.69, 9.17) is 4.74 Å². The number of nitrogens with zero attached hydrogens (tertiary/aromatic N) is 2. The first kappa shape index (κ1) is 17.2. The largest absolute Gasteiger partial charge is 0.491 e. The molecule has 0 aliphatic heterocycles. The molecule has 4 heteroatoms. The Hall–Kier alpha value is -2.59. The van der Waals surface area contributed by atoms with Crippen molar-refractivity contribution in [3.63, 3.8) is 0 Å². The van der Waals surface area contributed by atoms with E-state index in [-0.39, 0.29) is 6.61 Å². The summed E-state index contributed by atoms with van der Waals surface area (Å²) in [6.07, 6.45) is 3.76. The Morgan fingerprint density at radius 3 is 2.80 bits per heavy atom. The second kappa shape index (κ2) is 7.53. The van der Waals surface area contributed by atoms with E-state index in [9.17, 15) is 5.11 Å². The molecule has 0 fully saturated rings. The number of aliphatic hydroxyl groups is 1. The van der Waals surface area contributed by atoms with E-state index in [0.29, 0.717) is 6.54 Å². The molecule has 1 N–H and O–H groups in total. The lowest BCUT2D eigenvalue weighted by atomic mass is 10.1. The molecule has 0 saturated heterocycles. The van der Waals surface area contributed by atoms with Gasteiger partial charge in [-0.3, -0.25) is 0 Å². The first-order valence-electron chi connectivity index (χ1n) is 8.50. The van der Waals surface area contributed by atoms with Gasteiger partial charge in [-0.25, -0.2) is 4.98 Å². The van der Waals surface area contributed by atoms with Crippen LogP contribution in [0, 0.1) is 13.8 Å². The predicted octanol–water partition coefficient (Wildman–Crippen LogP) is 3.82. The fourth-order valence-corrected chi connectivity index (χ4v) is 2.89. The van der Waals surface area contributed by atoms with Gasteiger partial charge < -0.3 is 14.4 Å². The maximum Gasteiger partial charge on any atom is 0.122 e. The summed E-state index contributed by atoms with van der Waals surface area (Å²) in [5.74, 6) is 0.795.